The zero-order chi connectivity index (χ0) is 17.1. The molecule has 0 bridgehead atoms. The van der Waals surface area contributed by atoms with Crippen molar-refractivity contribution in [1.82, 2.24) is 9.78 Å². The molecule has 2 rings (SSSR count). The van der Waals surface area contributed by atoms with E-state index in [0.717, 1.165) is 12.8 Å². The van der Waals surface area contributed by atoms with Gasteiger partial charge in [0.25, 0.3) is 0 Å². The number of hydrogen-bond acceptors (Lipinski definition) is 1. The number of aromatic nitrogens is 2. The van der Waals surface area contributed by atoms with E-state index in [4.69, 9.17) is 0 Å². The second-order valence-corrected chi connectivity index (χ2v) is 7.96. The summed E-state index contributed by atoms with van der Waals surface area (Å²) >= 11 is 0. The van der Waals surface area contributed by atoms with Crippen molar-refractivity contribution in [2.45, 2.75) is 67.3 Å². The zero-order valence-corrected chi connectivity index (χ0v) is 18.4. The zero-order valence-electron chi connectivity index (χ0n) is 16.2. The van der Waals surface area contributed by atoms with Gasteiger partial charge < -0.3 is 0 Å². The molecule has 0 N–H and O–H groups in total. The Labute approximate surface area is 162 Å². The number of benzene rings is 1. The van der Waals surface area contributed by atoms with Crippen molar-refractivity contribution in [3.63, 3.8) is 0 Å². The van der Waals surface area contributed by atoms with Crippen LogP contribution in [0.2, 0.25) is 0 Å². The minimum Gasteiger partial charge on any atom is -0.270 e. The van der Waals surface area contributed by atoms with E-state index in [1.54, 1.807) is 0 Å². The van der Waals surface area contributed by atoms with E-state index in [1.165, 1.54) is 27.8 Å². The average Bonchev–Trinajstić information content (AvgIpc) is 2.86. The molecular formula is C21H32N2Pt. The van der Waals surface area contributed by atoms with Crippen LogP contribution in [0.1, 0.15) is 64.3 Å². The molecule has 136 valence electrons. The summed E-state index contributed by atoms with van der Waals surface area (Å²) < 4.78 is 2.06. The van der Waals surface area contributed by atoms with Crippen molar-refractivity contribution in [3.05, 3.63) is 41.2 Å². The Kier molecular flexibility index (Phi) is 7.93. The molecule has 0 fully saturated rings. The van der Waals surface area contributed by atoms with Gasteiger partial charge in [-0.3, -0.25) is 4.68 Å². The van der Waals surface area contributed by atoms with Gasteiger partial charge in [-0.2, -0.15) is 5.10 Å². The third-order valence-corrected chi connectivity index (χ3v) is 4.12. The Morgan fingerprint density at radius 1 is 0.917 bits per heavy atom. The number of hydrogen-bond donors (Lipinski definition) is 0. The third-order valence-electron chi connectivity index (χ3n) is 4.12. The number of rotatable bonds is 6. The maximum Gasteiger partial charge on any atom is 0.0568 e. The summed E-state index contributed by atoms with van der Waals surface area (Å²) in [6.45, 7) is 15.8. The van der Waals surface area contributed by atoms with Gasteiger partial charge in [0.05, 0.1) is 6.20 Å². The van der Waals surface area contributed by atoms with E-state index in [2.05, 4.69) is 76.6 Å². The molecule has 1 heterocycles. The fraction of sp³-hybridized carbons (Fsp3) is 0.571. The average molecular weight is 508 g/mol. The van der Waals surface area contributed by atoms with Crippen LogP contribution in [0.3, 0.4) is 0 Å². The summed E-state index contributed by atoms with van der Waals surface area (Å²) in [7, 11) is 0. The SMILES string of the molecule is Cc1cc(CC(C)C)c(-c2cnn(C(C)C)c2)c(CC(C)C)c1.[Pt]. The van der Waals surface area contributed by atoms with Crippen molar-refractivity contribution in [2.24, 2.45) is 11.8 Å². The van der Waals surface area contributed by atoms with E-state index in [-0.39, 0.29) is 21.1 Å². The molecular weight excluding hydrogens is 475 g/mol. The molecule has 0 saturated heterocycles. The summed E-state index contributed by atoms with van der Waals surface area (Å²) in [5.41, 5.74) is 7.00. The monoisotopic (exact) mass is 507 g/mol. The van der Waals surface area contributed by atoms with Gasteiger partial charge >= 0.3 is 0 Å². The minimum atomic E-state index is 0. The van der Waals surface area contributed by atoms with Crippen LogP contribution in [0, 0.1) is 18.8 Å². The topological polar surface area (TPSA) is 17.8 Å². The maximum atomic E-state index is 4.57. The van der Waals surface area contributed by atoms with Crippen molar-refractivity contribution >= 4 is 0 Å². The molecule has 0 aliphatic carbocycles. The molecule has 0 saturated carbocycles. The fourth-order valence-corrected chi connectivity index (χ4v) is 3.26. The second kappa shape index (κ2) is 8.99. The van der Waals surface area contributed by atoms with Gasteiger partial charge in [-0.25, -0.2) is 0 Å². The van der Waals surface area contributed by atoms with Gasteiger partial charge in [0.2, 0.25) is 0 Å². The van der Waals surface area contributed by atoms with Crippen molar-refractivity contribution in [1.29, 1.82) is 0 Å². The fourth-order valence-electron chi connectivity index (χ4n) is 3.26. The Balaban J connectivity index is 0.00000288. The molecule has 1 aromatic carbocycles. The predicted octanol–water partition coefficient (Wildman–Crippen LogP) is 5.83. The van der Waals surface area contributed by atoms with Gasteiger partial charge in [-0.05, 0) is 62.1 Å². The standard InChI is InChI=1S/C21H32N2.Pt/c1-14(2)8-18-10-17(7)11-19(9-15(3)4)21(18)20-12-22-23(13-20)16(5)6;/h10-16H,8-9H2,1-7H3;. The molecule has 0 spiro atoms. The maximum absolute atomic E-state index is 4.57. The molecule has 0 unspecified atom stereocenters. The van der Waals surface area contributed by atoms with E-state index < -0.39 is 0 Å². The van der Waals surface area contributed by atoms with Gasteiger partial charge in [-0.1, -0.05) is 45.4 Å². The van der Waals surface area contributed by atoms with Crippen molar-refractivity contribution < 1.29 is 21.1 Å². The van der Waals surface area contributed by atoms with Gasteiger partial charge in [0, 0.05) is 38.9 Å². The van der Waals surface area contributed by atoms with E-state index in [0.29, 0.717) is 17.9 Å². The van der Waals surface area contributed by atoms with Crippen LogP contribution in [0.15, 0.2) is 24.5 Å². The Bertz CT molecular complexity index is 623. The first kappa shape index (κ1) is 21.2. The first-order chi connectivity index (χ1) is 10.8. The van der Waals surface area contributed by atoms with Crippen LogP contribution in [0.5, 0.6) is 0 Å². The van der Waals surface area contributed by atoms with E-state index >= 15 is 0 Å². The molecule has 2 nitrogen and oxygen atoms in total. The molecule has 0 aliphatic heterocycles. The van der Waals surface area contributed by atoms with Crippen LogP contribution < -0.4 is 0 Å². The first-order valence-corrected chi connectivity index (χ1v) is 8.94. The molecule has 1 aromatic heterocycles. The van der Waals surface area contributed by atoms with Crippen molar-refractivity contribution in [3.8, 4) is 11.1 Å². The van der Waals surface area contributed by atoms with Crippen LogP contribution in [-0.4, -0.2) is 9.78 Å². The van der Waals surface area contributed by atoms with Gasteiger partial charge in [-0.15, -0.1) is 0 Å². The van der Waals surface area contributed by atoms with Crippen LogP contribution in [0.4, 0.5) is 0 Å². The molecule has 0 aliphatic rings. The first-order valence-electron chi connectivity index (χ1n) is 8.94. The number of aryl methyl sites for hydroxylation is 1. The number of nitrogens with zero attached hydrogens (tertiary/aromatic N) is 2. The Morgan fingerprint density at radius 2 is 1.42 bits per heavy atom. The van der Waals surface area contributed by atoms with Crippen LogP contribution >= 0.6 is 0 Å². The molecule has 3 heteroatoms. The Hall–Kier alpha value is -0.882. The third kappa shape index (κ3) is 5.31. The molecule has 0 radical (unpaired) electrons. The van der Waals surface area contributed by atoms with E-state index in [1.807, 2.05) is 6.20 Å². The predicted molar refractivity (Wildman–Crippen MR) is 99.9 cm³/mol. The van der Waals surface area contributed by atoms with Crippen LogP contribution in [-0.2, 0) is 33.9 Å². The Morgan fingerprint density at radius 3 is 1.79 bits per heavy atom. The molecule has 0 amide bonds. The normalized spacial score (nSPS) is 11.4. The summed E-state index contributed by atoms with van der Waals surface area (Å²) in [4.78, 5) is 0. The van der Waals surface area contributed by atoms with Crippen LogP contribution in [0.25, 0.3) is 11.1 Å². The second-order valence-electron chi connectivity index (χ2n) is 7.96. The molecule has 24 heavy (non-hydrogen) atoms. The largest absolute Gasteiger partial charge is 0.270 e. The van der Waals surface area contributed by atoms with E-state index in [9.17, 15) is 0 Å². The van der Waals surface area contributed by atoms with Crippen molar-refractivity contribution in [2.75, 3.05) is 0 Å². The summed E-state index contributed by atoms with van der Waals surface area (Å²) in [6.07, 6.45) is 6.49. The summed E-state index contributed by atoms with van der Waals surface area (Å²) in [5, 5.41) is 4.57. The smallest absolute Gasteiger partial charge is 0.0568 e. The molecule has 0 atom stereocenters. The summed E-state index contributed by atoms with van der Waals surface area (Å²) in [6, 6.07) is 5.13. The molecule has 2 aromatic rings. The van der Waals surface area contributed by atoms with Gasteiger partial charge in [0.1, 0.15) is 0 Å². The quantitative estimate of drug-likeness (QED) is 0.481. The summed E-state index contributed by atoms with van der Waals surface area (Å²) in [5.74, 6) is 1.31. The van der Waals surface area contributed by atoms with Gasteiger partial charge in [0.15, 0.2) is 0 Å². The minimum absolute atomic E-state index is 0.